The quantitative estimate of drug-likeness (QED) is 0.774. The van der Waals surface area contributed by atoms with E-state index in [9.17, 15) is 5.11 Å². The van der Waals surface area contributed by atoms with E-state index in [-0.39, 0.29) is 6.04 Å². The first-order valence-electron chi connectivity index (χ1n) is 6.93. The van der Waals surface area contributed by atoms with Gasteiger partial charge in [0.05, 0.1) is 0 Å². The van der Waals surface area contributed by atoms with Gasteiger partial charge in [0.2, 0.25) is 0 Å². The highest BCUT2D eigenvalue weighted by molar-refractivity contribution is 5.84. The number of aromatic hydroxyl groups is 1. The Morgan fingerprint density at radius 2 is 1.74 bits per heavy atom. The van der Waals surface area contributed by atoms with E-state index in [2.05, 4.69) is 17.4 Å². The minimum atomic E-state index is 0.111. The van der Waals surface area contributed by atoms with Gasteiger partial charge in [0, 0.05) is 6.04 Å². The molecular formula is C16H20N2O. The van der Waals surface area contributed by atoms with Crippen LogP contribution in [-0.2, 0) is 0 Å². The van der Waals surface area contributed by atoms with Gasteiger partial charge in [-0.2, -0.15) is 0 Å². The molecular weight excluding hydrogens is 236 g/mol. The van der Waals surface area contributed by atoms with Crippen molar-refractivity contribution in [2.24, 2.45) is 11.7 Å². The number of nitrogens with one attached hydrogen (secondary N) is 1. The van der Waals surface area contributed by atoms with Crippen LogP contribution in [0.25, 0.3) is 10.8 Å². The molecule has 3 nitrogen and oxygen atoms in total. The van der Waals surface area contributed by atoms with Crippen molar-refractivity contribution in [3.63, 3.8) is 0 Å². The van der Waals surface area contributed by atoms with Gasteiger partial charge >= 0.3 is 0 Å². The lowest BCUT2D eigenvalue weighted by Crippen LogP contribution is -2.33. The highest BCUT2D eigenvalue weighted by Crippen LogP contribution is 2.29. The van der Waals surface area contributed by atoms with E-state index in [4.69, 9.17) is 5.73 Å². The lowest BCUT2D eigenvalue weighted by atomic mass is 9.86. The zero-order valence-electron chi connectivity index (χ0n) is 11.0. The van der Waals surface area contributed by atoms with Gasteiger partial charge in [0.15, 0.2) is 0 Å². The maximum atomic E-state index is 9.48. The number of hydrogen-bond acceptors (Lipinski definition) is 3. The number of nitrogens with two attached hydrogens (primary N) is 1. The second-order valence-electron chi connectivity index (χ2n) is 5.40. The Bertz CT molecular complexity index is 576. The van der Waals surface area contributed by atoms with Gasteiger partial charge in [0.25, 0.3) is 0 Å². The number of piperidine rings is 1. The third kappa shape index (κ3) is 2.57. The van der Waals surface area contributed by atoms with Crippen molar-refractivity contribution < 1.29 is 5.11 Å². The number of phenols is 1. The fourth-order valence-electron chi connectivity index (χ4n) is 2.93. The molecule has 1 saturated heterocycles. The van der Waals surface area contributed by atoms with Gasteiger partial charge in [-0.3, -0.25) is 0 Å². The molecule has 0 spiro atoms. The van der Waals surface area contributed by atoms with Gasteiger partial charge in [-0.15, -0.1) is 0 Å². The molecule has 0 bridgehead atoms. The summed E-state index contributed by atoms with van der Waals surface area (Å²) in [5, 5.41) is 15.0. The summed E-state index contributed by atoms with van der Waals surface area (Å²) in [5.74, 6) is 0.874. The summed E-state index contributed by atoms with van der Waals surface area (Å²) in [5.41, 5.74) is 7.61. The fourth-order valence-corrected chi connectivity index (χ4v) is 2.93. The predicted octanol–water partition coefficient (Wildman–Crippen LogP) is 2.54. The largest absolute Gasteiger partial charge is 0.508 e. The highest BCUT2D eigenvalue weighted by atomic mass is 16.3. The number of fused-ring (bicyclic) bond motifs is 1. The molecule has 1 fully saturated rings. The summed E-state index contributed by atoms with van der Waals surface area (Å²) in [6, 6.07) is 11.9. The van der Waals surface area contributed by atoms with Crippen molar-refractivity contribution in [1.82, 2.24) is 5.32 Å². The second-order valence-corrected chi connectivity index (χ2v) is 5.40. The first-order chi connectivity index (χ1) is 9.24. The molecule has 3 heteroatoms. The van der Waals surface area contributed by atoms with Gasteiger partial charge in [0.1, 0.15) is 5.75 Å². The molecule has 1 aliphatic rings. The molecule has 100 valence electrons. The smallest absolute Gasteiger partial charge is 0.116 e. The summed E-state index contributed by atoms with van der Waals surface area (Å²) in [6.07, 6.45) is 2.30. The zero-order valence-corrected chi connectivity index (χ0v) is 11.0. The maximum Gasteiger partial charge on any atom is 0.116 e. The Kier molecular flexibility index (Phi) is 3.40. The number of rotatable bonds is 2. The molecule has 4 N–H and O–H groups in total. The molecule has 2 aromatic rings. The first kappa shape index (κ1) is 12.5. The van der Waals surface area contributed by atoms with E-state index in [0.717, 1.165) is 36.7 Å². The third-order valence-electron chi connectivity index (χ3n) is 4.12. The average molecular weight is 256 g/mol. The normalized spacial score (nSPS) is 18.6. The Hall–Kier alpha value is -1.58. The van der Waals surface area contributed by atoms with Gasteiger partial charge < -0.3 is 16.2 Å². The van der Waals surface area contributed by atoms with Crippen LogP contribution in [0.4, 0.5) is 0 Å². The monoisotopic (exact) mass is 256 g/mol. The van der Waals surface area contributed by atoms with E-state index in [0.29, 0.717) is 11.7 Å². The molecule has 1 heterocycles. The van der Waals surface area contributed by atoms with Crippen molar-refractivity contribution in [1.29, 1.82) is 0 Å². The molecule has 0 unspecified atom stereocenters. The Morgan fingerprint density at radius 1 is 1.05 bits per heavy atom. The van der Waals surface area contributed by atoms with E-state index >= 15 is 0 Å². The van der Waals surface area contributed by atoms with Crippen LogP contribution in [-0.4, -0.2) is 18.2 Å². The molecule has 0 amide bonds. The lowest BCUT2D eigenvalue weighted by molar-refractivity contribution is 0.322. The van der Waals surface area contributed by atoms with E-state index in [1.54, 1.807) is 12.1 Å². The molecule has 0 radical (unpaired) electrons. The maximum absolute atomic E-state index is 9.48. The minimum Gasteiger partial charge on any atom is -0.508 e. The molecule has 2 aromatic carbocycles. The van der Waals surface area contributed by atoms with Crippen LogP contribution in [0.3, 0.4) is 0 Å². The molecule has 3 rings (SSSR count). The zero-order chi connectivity index (χ0) is 13.2. The van der Waals surface area contributed by atoms with E-state index in [1.807, 2.05) is 12.1 Å². The van der Waals surface area contributed by atoms with Crippen LogP contribution in [0, 0.1) is 5.92 Å². The Morgan fingerprint density at radius 3 is 2.53 bits per heavy atom. The average Bonchev–Trinajstić information content (AvgIpc) is 2.47. The topological polar surface area (TPSA) is 58.3 Å². The van der Waals surface area contributed by atoms with Crippen LogP contribution >= 0.6 is 0 Å². The van der Waals surface area contributed by atoms with Crippen LogP contribution in [0.1, 0.15) is 24.4 Å². The fraction of sp³-hybridized carbons (Fsp3) is 0.375. The Balaban J connectivity index is 1.89. The van der Waals surface area contributed by atoms with Crippen molar-refractivity contribution >= 4 is 10.8 Å². The van der Waals surface area contributed by atoms with Crippen LogP contribution < -0.4 is 11.1 Å². The van der Waals surface area contributed by atoms with Crippen molar-refractivity contribution in [3.05, 3.63) is 42.0 Å². The van der Waals surface area contributed by atoms with Crippen LogP contribution in [0.5, 0.6) is 5.75 Å². The predicted molar refractivity (Wildman–Crippen MR) is 78.1 cm³/mol. The summed E-state index contributed by atoms with van der Waals surface area (Å²) in [4.78, 5) is 0. The number of phenolic OH excluding ortho intramolecular Hbond substituents is 1. The molecule has 0 saturated carbocycles. The minimum absolute atomic E-state index is 0.111. The summed E-state index contributed by atoms with van der Waals surface area (Å²) in [6.45, 7) is 2.14. The summed E-state index contributed by atoms with van der Waals surface area (Å²) in [7, 11) is 0. The summed E-state index contributed by atoms with van der Waals surface area (Å²) >= 11 is 0. The molecule has 19 heavy (non-hydrogen) atoms. The number of benzene rings is 2. The van der Waals surface area contributed by atoms with Gasteiger partial charge in [-0.05, 0) is 66.4 Å². The molecule has 1 aliphatic heterocycles. The number of hydrogen-bond donors (Lipinski definition) is 3. The van der Waals surface area contributed by atoms with Crippen LogP contribution in [0.2, 0.25) is 0 Å². The van der Waals surface area contributed by atoms with Crippen molar-refractivity contribution in [2.45, 2.75) is 18.9 Å². The molecule has 0 aliphatic carbocycles. The first-order valence-corrected chi connectivity index (χ1v) is 6.93. The van der Waals surface area contributed by atoms with E-state index in [1.165, 1.54) is 5.56 Å². The van der Waals surface area contributed by atoms with Crippen molar-refractivity contribution in [3.8, 4) is 5.75 Å². The standard InChI is InChI=1S/C16H20N2O/c17-16(11-5-7-18-8-6-11)14-2-1-13-10-15(19)4-3-12(13)9-14/h1-4,9-11,16,18-19H,5-8,17H2/t16-/m1/s1. The SMILES string of the molecule is N[C@@H](c1ccc2cc(O)ccc2c1)C1CCNCC1. The molecule has 1 atom stereocenters. The summed E-state index contributed by atoms with van der Waals surface area (Å²) < 4.78 is 0. The lowest BCUT2D eigenvalue weighted by Gasteiger charge is -2.28. The molecule has 0 aromatic heterocycles. The highest BCUT2D eigenvalue weighted by Gasteiger charge is 2.21. The van der Waals surface area contributed by atoms with Gasteiger partial charge in [-0.1, -0.05) is 18.2 Å². The Labute approximate surface area is 113 Å². The van der Waals surface area contributed by atoms with E-state index < -0.39 is 0 Å². The van der Waals surface area contributed by atoms with Crippen molar-refractivity contribution in [2.75, 3.05) is 13.1 Å². The second kappa shape index (κ2) is 5.19. The van der Waals surface area contributed by atoms with Crippen LogP contribution in [0.15, 0.2) is 36.4 Å². The van der Waals surface area contributed by atoms with Gasteiger partial charge in [-0.25, -0.2) is 0 Å². The third-order valence-corrected chi connectivity index (χ3v) is 4.12.